The van der Waals surface area contributed by atoms with Crippen molar-refractivity contribution in [2.75, 3.05) is 7.11 Å². The fourth-order valence-electron chi connectivity index (χ4n) is 3.16. The molecule has 0 radical (unpaired) electrons. The summed E-state index contributed by atoms with van der Waals surface area (Å²) in [5.41, 5.74) is 3.58. The minimum absolute atomic E-state index is 0.470. The van der Waals surface area contributed by atoms with Crippen molar-refractivity contribution in [3.05, 3.63) is 66.7 Å². The number of para-hydroxylation sites is 1. The summed E-state index contributed by atoms with van der Waals surface area (Å²) in [5, 5.41) is 21.0. The van der Waals surface area contributed by atoms with Crippen LogP contribution in [-0.4, -0.2) is 28.8 Å². The number of fused-ring (bicyclic) bond motifs is 3. The molecule has 24 heavy (non-hydrogen) atoms. The summed E-state index contributed by atoms with van der Waals surface area (Å²) in [6.07, 6.45) is 0. The minimum Gasteiger partial charge on any atom is -0.497 e. The van der Waals surface area contributed by atoms with Gasteiger partial charge < -0.3 is 19.4 Å². The van der Waals surface area contributed by atoms with E-state index in [9.17, 15) is 10.0 Å². The molecular formula is C19H16BNO3. The quantitative estimate of drug-likeness (QED) is 0.571. The second kappa shape index (κ2) is 5.71. The van der Waals surface area contributed by atoms with Gasteiger partial charge in [-0.1, -0.05) is 30.3 Å². The van der Waals surface area contributed by atoms with Crippen molar-refractivity contribution in [2.45, 2.75) is 0 Å². The molecule has 1 heterocycles. The molecule has 118 valence electrons. The highest BCUT2D eigenvalue weighted by atomic mass is 16.5. The molecule has 0 atom stereocenters. The standard InChI is InChI=1S/C19H16BNO3/c1-24-15-8-10-19-17(12-15)16-11-13(20(22)23)7-9-18(16)21(19)14-5-3-2-4-6-14/h2-12,22-23H,1H3. The van der Waals surface area contributed by atoms with E-state index in [2.05, 4.69) is 16.7 Å². The van der Waals surface area contributed by atoms with Crippen LogP contribution < -0.4 is 10.2 Å². The van der Waals surface area contributed by atoms with Crippen LogP contribution in [0.4, 0.5) is 0 Å². The van der Waals surface area contributed by atoms with E-state index in [0.29, 0.717) is 5.46 Å². The van der Waals surface area contributed by atoms with Crippen LogP contribution in [0.15, 0.2) is 66.7 Å². The molecule has 0 amide bonds. The third-order valence-electron chi connectivity index (χ3n) is 4.31. The first-order valence-corrected chi connectivity index (χ1v) is 7.73. The van der Waals surface area contributed by atoms with Crippen molar-refractivity contribution < 1.29 is 14.8 Å². The molecular weight excluding hydrogens is 301 g/mol. The number of hydrogen-bond acceptors (Lipinski definition) is 3. The fourth-order valence-corrected chi connectivity index (χ4v) is 3.16. The summed E-state index contributed by atoms with van der Waals surface area (Å²) in [7, 11) is 0.149. The zero-order chi connectivity index (χ0) is 16.7. The molecule has 4 aromatic rings. The first kappa shape index (κ1) is 14.8. The van der Waals surface area contributed by atoms with Crippen molar-refractivity contribution >= 4 is 34.4 Å². The van der Waals surface area contributed by atoms with Gasteiger partial charge in [-0.2, -0.15) is 0 Å². The monoisotopic (exact) mass is 317 g/mol. The average molecular weight is 317 g/mol. The lowest BCUT2D eigenvalue weighted by atomic mass is 9.80. The van der Waals surface area contributed by atoms with Gasteiger partial charge in [-0.05, 0) is 41.9 Å². The topological polar surface area (TPSA) is 54.6 Å². The first-order chi connectivity index (χ1) is 11.7. The van der Waals surface area contributed by atoms with Crippen LogP contribution in [0.25, 0.3) is 27.5 Å². The maximum atomic E-state index is 9.50. The number of nitrogens with zero attached hydrogens (tertiary/aromatic N) is 1. The lowest BCUT2D eigenvalue weighted by Crippen LogP contribution is -2.29. The van der Waals surface area contributed by atoms with E-state index >= 15 is 0 Å². The van der Waals surface area contributed by atoms with Crippen LogP contribution in [0.3, 0.4) is 0 Å². The van der Waals surface area contributed by atoms with E-state index in [1.807, 2.05) is 48.5 Å². The van der Waals surface area contributed by atoms with Gasteiger partial charge in [-0.25, -0.2) is 0 Å². The Kier molecular flexibility index (Phi) is 3.52. The summed E-state index contributed by atoms with van der Waals surface area (Å²) >= 11 is 0. The van der Waals surface area contributed by atoms with Crippen molar-refractivity contribution in [3.8, 4) is 11.4 Å². The number of hydrogen-bond donors (Lipinski definition) is 2. The molecule has 0 bridgehead atoms. The van der Waals surface area contributed by atoms with Gasteiger partial charge in [0, 0.05) is 16.5 Å². The second-order valence-electron chi connectivity index (χ2n) is 5.70. The van der Waals surface area contributed by atoms with Gasteiger partial charge in [-0.3, -0.25) is 0 Å². The third-order valence-corrected chi connectivity index (χ3v) is 4.31. The third kappa shape index (κ3) is 2.26. The van der Waals surface area contributed by atoms with Gasteiger partial charge in [0.05, 0.1) is 18.1 Å². The van der Waals surface area contributed by atoms with Gasteiger partial charge in [0.15, 0.2) is 0 Å². The molecule has 0 unspecified atom stereocenters. The molecule has 1 aromatic heterocycles. The molecule has 5 heteroatoms. The normalized spacial score (nSPS) is 11.1. The molecule has 0 saturated heterocycles. The highest BCUT2D eigenvalue weighted by Gasteiger charge is 2.17. The predicted molar refractivity (Wildman–Crippen MR) is 97.2 cm³/mol. The molecule has 0 aliphatic carbocycles. The zero-order valence-corrected chi connectivity index (χ0v) is 13.2. The van der Waals surface area contributed by atoms with E-state index in [1.54, 1.807) is 13.2 Å². The molecule has 0 aliphatic rings. The summed E-state index contributed by atoms with van der Waals surface area (Å²) in [6, 6.07) is 21.5. The molecule has 2 N–H and O–H groups in total. The Balaban J connectivity index is 2.13. The van der Waals surface area contributed by atoms with Crippen molar-refractivity contribution in [1.82, 2.24) is 4.57 Å². The number of ether oxygens (including phenoxy) is 1. The Morgan fingerprint density at radius 3 is 2.17 bits per heavy atom. The second-order valence-corrected chi connectivity index (χ2v) is 5.70. The summed E-state index contributed by atoms with van der Waals surface area (Å²) in [5.74, 6) is 0.768. The Morgan fingerprint density at radius 2 is 1.50 bits per heavy atom. The van der Waals surface area contributed by atoms with Crippen LogP contribution in [-0.2, 0) is 0 Å². The molecule has 0 spiro atoms. The highest BCUT2D eigenvalue weighted by molar-refractivity contribution is 6.59. The summed E-state index contributed by atoms with van der Waals surface area (Å²) in [4.78, 5) is 0. The Labute approximate surface area is 139 Å². The minimum atomic E-state index is -1.49. The van der Waals surface area contributed by atoms with Gasteiger partial charge in [0.25, 0.3) is 0 Å². The number of benzene rings is 3. The van der Waals surface area contributed by atoms with E-state index in [-0.39, 0.29) is 0 Å². The van der Waals surface area contributed by atoms with E-state index in [1.165, 1.54) is 0 Å². The van der Waals surface area contributed by atoms with Crippen LogP contribution in [0.5, 0.6) is 5.75 Å². The van der Waals surface area contributed by atoms with Crippen molar-refractivity contribution in [2.24, 2.45) is 0 Å². The molecule has 4 nitrogen and oxygen atoms in total. The fraction of sp³-hybridized carbons (Fsp3) is 0.0526. The van der Waals surface area contributed by atoms with E-state index in [4.69, 9.17) is 4.74 Å². The average Bonchev–Trinajstić information content (AvgIpc) is 2.95. The van der Waals surface area contributed by atoms with Crippen LogP contribution >= 0.6 is 0 Å². The van der Waals surface area contributed by atoms with Gasteiger partial charge >= 0.3 is 7.12 Å². The zero-order valence-electron chi connectivity index (χ0n) is 13.2. The van der Waals surface area contributed by atoms with Crippen LogP contribution in [0.2, 0.25) is 0 Å². The SMILES string of the molecule is COc1ccc2c(c1)c1cc(B(O)O)ccc1n2-c1ccccc1. The molecule has 0 aliphatic heterocycles. The Morgan fingerprint density at radius 1 is 0.833 bits per heavy atom. The van der Waals surface area contributed by atoms with E-state index < -0.39 is 7.12 Å². The first-order valence-electron chi connectivity index (χ1n) is 7.73. The van der Waals surface area contributed by atoms with E-state index in [0.717, 1.165) is 33.2 Å². The van der Waals surface area contributed by atoms with Gasteiger partial charge in [0.2, 0.25) is 0 Å². The summed E-state index contributed by atoms with van der Waals surface area (Å²) in [6.45, 7) is 0. The van der Waals surface area contributed by atoms with Crippen molar-refractivity contribution in [1.29, 1.82) is 0 Å². The number of aromatic nitrogens is 1. The number of methoxy groups -OCH3 is 1. The molecule has 0 fully saturated rings. The highest BCUT2D eigenvalue weighted by Crippen LogP contribution is 2.33. The molecule has 4 rings (SSSR count). The predicted octanol–water partition coefficient (Wildman–Crippen LogP) is 2.47. The van der Waals surface area contributed by atoms with Gasteiger partial charge in [-0.15, -0.1) is 0 Å². The van der Waals surface area contributed by atoms with Crippen molar-refractivity contribution in [3.63, 3.8) is 0 Å². The molecule has 3 aromatic carbocycles. The Hall–Kier alpha value is -2.76. The van der Waals surface area contributed by atoms with Gasteiger partial charge in [0.1, 0.15) is 5.75 Å². The molecule has 0 saturated carbocycles. The lowest BCUT2D eigenvalue weighted by Gasteiger charge is -2.08. The van der Waals surface area contributed by atoms with Crippen LogP contribution in [0.1, 0.15) is 0 Å². The Bertz CT molecular complexity index is 1030. The lowest BCUT2D eigenvalue weighted by molar-refractivity contribution is 0.415. The number of rotatable bonds is 3. The summed E-state index contributed by atoms with van der Waals surface area (Å²) < 4.78 is 7.52. The smallest absolute Gasteiger partial charge is 0.488 e. The maximum Gasteiger partial charge on any atom is 0.488 e. The largest absolute Gasteiger partial charge is 0.497 e. The maximum absolute atomic E-state index is 9.50. The van der Waals surface area contributed by atoms with Crippen LogP contribution in [0, 0.1) is 0 Å².